The molecule has 2 rings (SSSR count). The van der Waals surface area contributed by atoms with E-state index >= 15 is 0 Å². The number of nitrogens with zero attached hydrogens (tertiary/aromatic N) is 2. The SMILES string of the molecule is CCn1nc(-c2ccc(Cl)cc2Cl)cc(C=O)c1=O. The average molecular weight is 297 g/mol. The van der Waals surface area contributed by atoms with Gasteiger partial charge in [0, 0.05) is 17.1 Å². The van der Waals surface area contributed by atoms with Crippen LogP contribution in [0.5, 0.6) is 0 Å². The van der Waals surface area contributed by atoms with Gasteiger partial charge in [-0.1, -0.05) is 23.2 Å². The summed E-state index contributed by atoms with van der Waals surface area (Å²) >= 11 is 11.9. The number of carbonyl (C=O) groups excluding carboxylic acids is 1. The van der Waals surface area contributed by atoms with Crippen molar-refractivity contribution in [1.82, 2.24) is 9.78 Å². The standard InChI is InChI=1S/C13H10Cl2N2O2/c1-2-17-13(19)8(7-18)5-12(16-17)10-4-3-9(14)6-11(10)15/h3-7H,2H2,1H3. The molecule has 6 heteroatoms. The lowest BCUT2D eigenvalue weighted by atomic mass is 10.1. The molecule has 0 aliphatic heterocycles. The van der Waals surface area contributed by atoms with E-state index in [9.17, 15) is 9.59 Å². The third-order valence-electron chi connectivity index (χ3n) is 2.64. The molecule has 0 N–H and O–H groups in total. The number of aryl methyl sites for hydroxylation is 1. The number of hydrogen-bond acceptors (Lipinski definition) is 3. The summed E-state index contributed by atoms with van der Waals surface area (Å²) in [6.07, 6.45) is 0.517. The van der Waals surface area contributed by atoms with Crippen LogP contribution in [-0.4, -0.2) is 16.1 Å². The molecule has 0 spiro atoms. The molecule has 1 aromatic carbocycles. The molecule has 19 heavy (non-hydrogen) atoms. The number of hydrogen-bond donors (Lipinski definition) is 0. The highest BCUT2D eigenvalue weighted by molar-refractivity contribution is 6.36. The zero-order valence-corrected chi connectivity index (χ0v) is 11.6. The molecular formula is C13H10Cl2N2O2. The van der Waals surface area contributed by atoms with Crippen LogP contribution in [-0.2, 0) is 6.54 Å². The van der Waals surface area contributed by atoms with Gasteiger partial charge in [0.25, 0.3) is 5.56 Å². The van der Waals surface area contributed by atoms with Crippen molar-refractivity contribution in [2.24, 2.45) is 0 Å². The summed E-state index contributed by atoms with van der Waals surface area (Å²) in [6.45, 7) is 2.15. The Balaban J connectivity index is 2.68. The lowest BCUT2D eigenvalue weighted by molar-refractivity contribution is 0.112. The largest absolute Gasteiger partial charge is 0.298 e. The molecular weight excluding hydrogens is 287 g/mol. The predicted molar refractivity (Wildman–Crippen MR) is 75.0 cm³/mol. The molecule has 0 unspecified atom stereocenters. The summed E-state index contributed by atoms with van der Waals surface area (Å²) in [4.78, 5) is 22.7. The van der Waals surface area contributed by atoms with Crippen LogP contribution in [0.2, 0.25) is 10.0 Å². The van der Waals surface area contributed by atoms with Crippen LogP contribution >= 0.6 is 23.2 Å². The van der Waals surface area contributed by atoms with E-state index in [0.717, 1.165) is 0 Å². The van der Waals surface area contributed by atoms with Crippen LogP contribution in [0.25, 0.3) is 11.3 Å². The summed E-state index contributed by atoms with van der Waals surface area (Å²) in [5.41, 5.74) is 0.728. The molecule has 0 bridgehead atoms. The molecule has 0 atom stereocenters. The van der Waals surface area contributed by atoms with E-state index in [2.05, 4.69) is 5.10 Å². The Kier molecular flexibility index (Phi) is 4.02. The number of benzene rings is 1. The van der Waals surface area contributed by atoms with Gasteiger partial charge in [-0.2, -0.15) is 5.10 Å². The zero-order chi connectivity index (χ0) is 14.0. The number of aldehydes is 1. The van der Waals surface area contributed by atoms with Crippen molar-refractivity contribution in [2.45, 2.75) is 13.5 Å². The minimum absolute atomic E-state index is 0.0536. The van der Waals surface area contributed by atoms with Crippen molar-refractivity contribution in [1.29, 1.82) is 0 Å². The first-order valence-electron chi connectivity index (χ1n) is 5.59. The molecule has 2 aromatic rings. The number of carbonyl (C=O) groups is 1. The van der Waals surface area contributed by atoms with E-state index in [1.54, 1.807) is 25.1 Å². The third kappa shape index (κ3) is 2.69. The van der Waals surface area contributed by atoms with Crippen LogP contribution in [0, 0.1) is 0 Å². The maximum absolute atomic E-state index is 11.8. The summed E-state index contributed by atoms with van der Waals surface area (Å²) < 4.78 is 1.23. The average Bonchev–Trinajstić information content (AvgIpc) is 2.39. The second-order valence-corrected chi connectivity index (χ2v) is 4.69. The number of halogens is 2. The fourth-order valence-corrected chi connectivity index (χ4v) is 2.20. The fraction of sp³-hybridized carbons (Fsp3) is 0.154. The lowest BCUT2D eigenvalue weighted by Gasteiger charge is -2.08. The molecule has 0 aliphatic rings. The fourth-order valence-electron chi connectivity index (χ4n) is 1.69. The topological polar surface area (TPSA) is 52.0 Å². The van der Waals surface area contributed by atoms with Gasteiger partial charge >= 0.3 is 0 Å². The van der Waals surface area contributed by atoms with Gasteiger partial charge in [-0.3, -0.25) is 9.59 Å². The van der Waals surface area contributed by atoms with E-state index < -0.39 is 5.56 Å². The maximum Gasteiger partial charge on any atom is 0.277 e. The van der Waals surface area contributed by atoms with Gasteiger partial charge in [0.15, 0.2) is 6.29 Å². The van der Waals surface area contributed by atoms with Gasteiger partial charge in [0.05, 0.1) is 16.3 Å². The smallest absolute Gasteiger partial charge is 0.277 e. The Morgan fingerprint density at radius 3 is 2.63 bits per heavy atom. The van der Waals surface area contributed by atoms with Crippen molar-refractivity contribution in [3.8, 4) is 11.3 Å². The molecule has 4 nitrogen and oxygen atoms in total. The van der Waals surface area contributed by atoms with Gasteiger partial charge in [-0.05, 0) is 31.2 Å². The monoisotopic (exact) mass is 296 g/mol. The quantitative estimate of drug-likeness (QED) is 0.818. The lowest BCUT2D eigenvalue weighted by Crippen LogP contribution is -2.25. The van der Waals surface area contributed by atoms with Crippen LogP contribution in [0.15, 0.2) is 29.1 Å². The first-order chi connectivity index (χ1) is 9.06. The Bertz CT molecular complexity index is 696. The van der Waals surface area contributed by atoms with Gasteiger partial charge < -0.3 is 0 Å². The first kappa shape index (κ1) is 13.8. The van der Waals surface area contributed by atoms with Crippen molar-refractivity contribution >= 4 is 29.5 Å². The first-order valence-corrected chi connectivity index (χ1v) is 6.35. The van der Waals surface area contributed by atoms with E-state index in [1.807, 2.05) is 0 Å². The molecule has 98 valence electrons. The van der Waals surface area contributed by atoms with Gasteiger partial charge in [-0.15, -0.1) is 0 Å². The van der Waals surface area contributed by atoms with Crippen molar-refractivity contribution in [2.75, 3.05) is 0 Å². The molecule has 1 aromatic heterocycles. The molecule has 0 saturated carbocycles. The molecule has 0 amide bonds. The highest BCUT2D eigenvalue weighted by Crippen LogP contribution is 2.28. The zero-order valence-electron chi connectivity index (χ0n) is 10.1. The minimum atomic E-state index is -0.411. The summed E-state index contributed by atoms with van der Waals surface area (Å²) in [5, 5.41) is 5.10. The molecule has 0 fully saturated rings. The Labute approximate surface area is 119 Å². The van der Waals surface area contributed by atoms with Crippen molar-refractivity contribution in [3.63, 3.8) is 0 Å². The van der Waals surface area contributed by atoms with Crippen molar-refractivity contribution in [3.05, 3.63) is 50.2 Å². The van der Waals surface area contributed by atoms with Crippen LogP contribution in [0.4, 0.5) is 0 Å². The van der Waals surface area contributed by atoms with Gasteiger partial charge in [-0.25, -0.2) is 4.68 Å². The van der Waals surface area contributed by atoms with Gasteiger partial charge in [0.2, 0.25) is 0 Å². The Morgan fingerprint density at radius 2 is 2.05 bits per heavy atom. The molecule has 1 heterocycles. The van der Waals surface area contributed by atoms with E-state index in [4.69, 9.17) is 23.2 Å². The number of aromatic nitrogens is 2. The molecule has 0 saturated heterocycles. The van der Waals surface area contributed by atoms with Crippen LogP contribution in [0.1, 0.15) is 17.3 Å². The maximum atomic E-state index is 11.8. The number of rotatable bonds is 3. The van der Waals surface area contributed by atoms with E-state index in [1.165, 1.54) is 10.7 Å². The van der Waals surface area contributed by atoms with Crippen molar-refractivity contribution < 1.29 is 4.79 Å². The summed E-state index contributed by atoms with van der Waals surface area (Å²) in [6, 6.07) is 6.39. The third-order valence-corrected chi connectivity index (χ3v) is 3.18. The second-order valence-electron chi connectivity index (χ2n) is 3.85. The van der Waals surface area contributed by atoms with E-state index in [-0.39, 0.29) is 5.56 Å². The Morgan fingerprint density at radius 1 is 1.32 bits per heavy atom. The minimum Gasteiger partial charge on any atom is -0.298 e. The van der Waals surface area contributed by atoms with E-state index in [0.29, 0.717) is 34.1 Å². The normalized spacial score (nSPS) is 10.5. The van der Waals surface area contributed by atoms with Gasteiger partial charge in [0.1, 0.15) is 0 Å². The van der Waals surface area contributed by atoms with Crippen LogP contribution in [0.3, 0.4) is 0 Å². The highest BCUT2D eigenvalue weighted by Gasteiger charge is 2.11. The highest BCUT2D eigenvalue weighted by atomic mass is 35.5. The molecule has 0 aliphatic carbocycles. The predicted octanol–water partition coefficient (Wildman–Crippen LogP) is 3.05. The summed E-state index contributed by atoms with van der Waals surface area (Å²) in [7, 11) is 0. The summed E-state index contributed by atoms with van der Waals surface area (Å²) in [5.74, 6) is 0. The second kappa shape index (κ2) is 5.55. The molecule has 0 radical (unpaired) electrons. The Hall–Kier alpha value is -1.65. The van der Waals surface area contributed by atoms with Crippen LogP contribution < -0.4 is 5.56 Å².